The van der Waals surface area contributed by atoms with E-state index in [1.54, 1.807) is 12.1 Å². The minimum Gasteiger partial charge on any atom is -0.493 e. The standard InChI is InChI=1S/C25H29N3O5/c1-5-16(6-2)28-24(29)19-14-22(32-4)21(31-3)13-18(19)23(27-28)33-25(30)26-20-12-11-15-9-7-8-10-17(15)20/h7-10,13-14,16,20H,5-6,11-12H2,1-4H3,(H,26,30). The number of fused-ring (bicyclic) bond motifs is 2. The summed E-state index contributed by atoms with van der Waals surface area (Å²) < 4.78 is 17.9. The summed E-state index contributed by atoms with van der Waals surface area (Å²) in [5.41, 5.74) is 2.06. The average Bonchev–Trinajstić information content (AvgIpc) is 3.24. The lowest BCUT2D eigenvalue weighted by atomic mass is 10.1. The van der Waals surface area contributed by atoms with Crippen LogP contribution in [0.3, 0.4) is 0 Å². The summed E-state index contributed by atoms with van der Waals surface area (Å²) in [6, 6.07) is 11.0. The second-order valence-electron chi connectivity index (χ2n) is 8.10. The van der Waals surface area contributed by atoms with E-state index < -0.39 is 6.09 Å². The van der Waals surface area contributed by atoms with Crippen molar-refractivity contribution in [2.24, 2.45) is 0 Å². The summed E-state index contributed by atoms with van der Waals surface area (Å²) in [6.45, 7) is 3.98. The van der Waals surface area contributed by atoms with Crippen molar-refractivity contribution in [3.8, 4) is 17.4 Å². The summed E-state index contributed by atoms with van der Waals surface area (Å²) in [6.07, 6.45) is 2.52. The normalized spacial score (nSPS) is 14.9. The number of methoxy groups -OCH3 is 2. The second kappa shape index (κ2) is 9.52. The largest absolute Gasteiger partial charge is 0.493 e. The first-order chi connectivity index (χ1) is 16.0. The smallest absolute Gasteiger partial charge is 0.414 e. The van der Waals surface area contributed by atoms with Gasteiger partial charge >= 0.3 is 6.09 Å². The molecule has 0 spiro atoms. The molecular weight excluding hydrogens is 422 g/mol. The molecule has 0 bridgehead atoms. The van der Waals surface area contributed by atoms with Gasteiger partial charge in [0.05, 0.1) is 37.1 Å². The van der Waals surface area contributed by atoms with Crippen LogP contribution in [-0.2, 0) is 6.42 Å². The van der Waals surface area contributed by atoms with Gasteiger partial charge in [0.1, 0.15) is 0 Å². The highest BCUT2D eigenvalue weighted by atomic mass is 16.6. The number of amides is 1. The third kappa shape index (κ3) is 4.25. The van der Waals surface area contributed by atoms with Crippen LogP contribution in [0.4, 0.5) is 4.79 Å². The molecule has 1 atom stereocenters. The summed E-state index contributed by atoms with van der Waals surface area (Å²) in [7, 11) is 3.02. The van der Waals surface area contributed by atoms with Crippen molar-refractivity contribution >= 4 is 16.9 Å². The van der Waals surface area contributed by atoms with E-state index in [0.717, 1.165) is 18.4 Å². The van der Waals surface area contributed by atoms with Crippen molar-refractivity contribution in [3.05, 3.63) is 57.9 Å². The number of hydrogen-bond donors (Lipinski definition) is 1. The van der Waals surface area contributed by atoms with Crippen LogP contribution in [0.1, 0.15) is 56.3 Å². The van der Waals surface area contributed by atoms with E-state index in [1.807, 2.05) is 32.0 Å². The van der Waals surface area contributed by atoms with E-state index in [9.17, 15) is 9.59 Å². The van der Waals surface area contributed by atoms with E-state index in [4.69, 9.17) is 14.2 Å². The van der Waals surface area contributed by atoms with Crippen LogP contribution in [-0.4, -0.2) is 30.1 Å². The zero-order valence-electron chi connectivity index (χ0n) is 19.4. The van der Waals surface area contributed by atoms with Crippen molar-refractivity contribution in [1.82, 2.24) is 15.1 Å². The van der Waals surface area contributed by atoms with Crippen LogP contribution in [0.25, 0.3) is 10.8 Å². The zero-order valence-corrected chi connectivity index (χ0v) is 19.4. The van der Waals surface area contributed by atoms with Crippen LogP contribution >= 0.6 is 0 Å². The van der Waals surface area contributed by atoms with E-state index in [0.29, 0.717) is 35.1 Å². The molecule has 1 aliphatic rings. The Labute approximate surface area is 192 Å². The molecule has 3 aromatic rings. The minimum atomic E-state index is -0.616. The van der Waals surface area contributed by atoms with Crippen LogP contribution in [0, 0.1) is 0 Å². The molecule has 2 aromatic carbocycles. The van der Waals surface area contributed by atoms with Gasteiger partial charge < -0.3 is 19.5 Å². The summed E-state index contributed by atoms with van der Waals surface area (Å²) >= 11 is 0. The Kier molecular flexibility index (Phi) is 6.53. The van der Waals surface area contributed by atoms with Gasteiger partial charge in [-0.05, 0) is 48.9 Å². The van der Waals surface area contributed by atoms with Gasteiger partial charge in [-0.1, -0.05) is 38.1 Å². The molecule has 8 nitrogen and oxygen atoms in total. The molecular formula is C25H29N3O5. The first kappa shape index (κ1) is 22.6. The van der Waals surface area contributed by atoms with E-state index in [2.05, 4.69) is 16.5 Å². The predicted octanol–water partition coefficient (Wildman–Crippen LogP) is 4.55. The molecule has 1 N–H and O–H groups in total. The fourth-order valence-electron chi connectivity index (χ4n) is 4.48. The van der Waals surface area contributed by atoms with Crippen molar-refractivity contribution in [2.45, 2.75) is 51.6 Å². The topological polar surface area (TPSA) is 91.7 Å². The first-order valence-corrected chi connectivity index (χ1v) is 11.2. The number of carbonyl (C=O) groups is 1. The number of rotatable bonds is 7. The quantitative estimate of drug-likeness (QED) is 0.567. The van der Waals surface area contributed by atoms with Gasteiger partial charge in [0.2, 0.25) is 5.88 Å². The number of nitrogens with one attached hydrogen (secondary N) is 1. The Balaban J connectivity index is 1.74. The Morgan fingerprint density at radius 3 is 2.45 bits per heavy atom. The van der Waals surface area contributed by atoms with Crippen molar-refractivity contribution in [1.29, 1.82) is 0 Å². The number of hydrogen-bond acceptors (Lipinski definition) is 6. The number of nitrogens with zero attached hydrogens (tertiary/aromatic N) is 2. The number of benzene rings is 2. The molecule has 1 amide bonds. The summed E-state index contributed by atoms with van der Waals surface area (Å²) in [5.74, 6) is 0.894. The van der Waals surface area contributed by atoms with Gasteiger partial charge in [0, 0.05) is 0 Å². The molecule has 8 heteroatoms. The number of aromatic nitrogens is 2. The highest BCUT2D eigenvalue weighted by molar-refractivity contribution is 5.90. The molecule has 1 unspecified atom stereocenters. The van der Waals surface area contributed by atoms with Crippen molar-refractivity contribution in [2.75, 3.05) is 14.2 Å². The molecule has 0 aliphatic heterocycles. The van der Waals surface area contributed by atoms with Crippen LogP contribution in [0.5, 0.6) is 17.4 Å². The van der Waals surface area contributed by atoms with Gasteiger partial charge in [-0.15, -0.1) is 5.10 Å². The minimum absolute atomic E-state index is 0.0567. The lowest BCUT2D eigenvalue weighted by Crippen LogP contribution is -2.32. The molecule has 0 fully saturated rings. The van der Waals surface area contributed by atoms with Gasteiger partial charge in [-0.3, -0.25) is 4.79 Å². The maximum Gasteiger partial charge on any atom is 0.414 e. The average molecular weight is 452 g/mol. The third-order valence-electron chi connectivity index (χ3n) is 6.29. The third-order valence-corrected chi connectivity index (χ3v) is 6.29. The van der Waals surface area contributed by atoms with E-state index >= 15 is 0 Å². The molecule has 174 valence electrons. The first-order valence-electron chi connectivity index (χ1n) is 11.2. The zero-order chi connectivity index (χ0) is 23.5. The number of ether oxygens (including phenoxy) is 3. The molecule has 1 aromatic heterocycles. The van der Waals surface area contributed by atoms with Crippen LogP contribution in [0.15, 0.2) is 41.2 Å². The molecule has 1 aliphatic carbocycles. The predicted molar refractivity (Wildman–Crippen MR) is 125 cm³/mol. The molecule has 4 rings (SSSR count). The Bertz CT molecular complexity index is 1230. The molecule has 1 heterocycles. The number of carbonyl (C=O) groups excluding carboxylic acids is 1. The fourth-order valence-corrected chi connectivity index (χ4v) is 4.48. The fraction of sp³-hybridized carbons (Fsp3) is 0.400. The van der Waals surface area contributed by atoms with Gasteiger partial charge in [0.25, 0.3) is 5.56 Å². The van der Waals surface area contributed by atoms with Crippen molar-refractivity contribution in [3.63, 3.8) is 0 Å². The molecule has 0 saturated carbocycles. The maximum atomic E-state index is 13.3. The Morgan fingerprint density at radius 1 is 1.12 bits per heavy atom. The summed E-state index contributed by atoms with van der Waals surface area (Å²) in [4.78, 5) is 26.1. The van der Waals surface area contributed by atoms with Crippen LogP contribution in [0.2, 0.25) is 0 Å². The lowest BCUT2D eigenvalue weighted by molar-refractivity contribution is 0.193. The van der Waals surface area contributed by atoms with Gasteiger partial charge in [0.15, 0.2) is 11.5 Å². The highest BCUT2D eigenvalue weighted by Crippen LogP contribution is 2.35. The van der Waals surface area contributed by atoms with Gasteiger partial charge in [-0.25, -0.2) is 9.48 Å². The van der Waals surface area contributed by atoms with Crippen LogP contribution < -0.4 is 25.1 Å². The molecule has 0 saturated heterocycles. The number of aryl methyl sites for hydroxylation is 1. The molecule has 0 radical (unpaired) electrons. The Morgan fingerprint density at radius 2 is 1.79 bits per heavy atom. The second-order valence-corrected chi connectivity index (χ2v) is 8.10. The van der Waals surface area contributed by atoms with Crippen molar-refractivity contribution < 1.29 is 19.0 Å². The maximum absolute atomic E-state index is 13.3. The SMILES string of the molecule is CCC(CC)n1nc(OC(=O)NC2CCc3ccccc32)c2cc(OC)c(OC)cc2c1=O. The monoisotopic (exact) mass is 451 g/mol. The Hall–Kier alpha value is -3.55. The van der Waals surface area contributed by atoms with E-state index in [-0.39, 0.29) is 23.5 Å². The van der Waals surface area contributed by atoms with Gasteiger partial charge in [-0.2, -0.15) is 0 Å². The van der Waals surface area contributed by atoms with E-state index in [1.165, 1.54) is 24.5 Å². The lowest BCUT2D eigenvalue weighted by Gasteiger charge is -2.19. The highest BCUT2D eigenvalue weighted by Gasteiger charge is 2.26. The summed E-state index contributed by atoms with van der Waals surface area (Å²) in [5, 5.41) is 8.14. The molecule has 33 heavy (non-hydrogen) atoms.